The molecule has 5 nitrogen and oxygen atoms in total. The van der Waals surface area contributed by atoms with E-state index in [1.54, 1.807) is 6.92 Å². The Balaban J connectivity index is 2.22. The molecule has 0 fully saturated rings. The molecule has 21 heavy (non-hydrogen) atoms. The van der Waals surface area contributed by atoms with Gasteiger partial charge in [-0.2, -0.15) is 0 Å². The van der Waals surface area contributed by atoms with E-state index >= 15 is 0 Å². The van der Waals surface area contributed by atoms with Crippen molar-refractivity contribution in [3.63, 3.8) is 0 Å². The summed E-state index contributed by atoms with van der Waals surface area (Å²) < 4.78 is 0. The quantitative estimate of drug-likeness (QED) is 0.790. The van der Waals surface area contributed by atoms with Gasteiger partial charge in [-0.05, 0) is 31.9 Å². The molecule has 1 aromatic carbocycles. The average molecular weight is 288 g/mol. The van der Waals surface area contributed by atoms with Crippen LogP contribution in [-0.4, -0.2) is 27.5 Å². The van der Waals surface area contributed by atoms with Crippen molar-refractivity contribution in [2.75, 3.05) is 0 Å². The van der Waals surface area contributed by atoms with Gasteiger partial charge in [-0.3, -0.25) is 4.79 Å². The summed E-state index contributed by atoms with van der Waals surface area (Å²) >= 11 is 0. The summed E-state index contributed by atoms with van der Waals surface area (Å²) in [5, 5.41) is 12.8. The Labute approximate surface area is 123 Å². The molecule has 1 amide bonds. The number of carboxylic acids is 1. The highest BCUT2D eigenvalue weighted by Crippen LogP contribution is 2.22. The summed E-state index contributed by atoms with van der Waals surface area (Å²) in [6, 6.07) is 7.76. The van der Waals surface area contributed by atoms with Gasteiger partial charge in [0.2, 0.25) is 5.91 Å². The van der Waals surface area contributed by atoms with E-state index in [4.69, 9.17) is 0 Å². The number of carboxylic acid groups (broad SMARTS) is 1. The molecular weight excluding hydrogens is 268 g/mol. The first-order chi connectivity index (χ1) is 9.87. The molecule has 1 aromatic heterocycles. The van der Waals surface area contributed by atoms with E-state index < -0.39 is 11.5 Å². The van der Waals surface area contributed by atoms with Crippen LogP contribution in [0, 0.1) is 6.92 Å². The molecule has 0 saturated carbocycles. The zero-order valence-electron chi connectivity index (χ0n) is 12.5. The number of aryl methyl sites for hydroxylation is 1. The van der Waals surface area contributed by atoms with Crippen molar-refractivity contribution in [1.29, 1.82) is 0 Å². The maximum atomic E-state index is 12.2. The topological polar surface area (TPSA) is 82.2 Å². The van der Waals surface area contributed by atoms with Crippen LogP contribution in [0.15, 0.2) is 24.3 Å². The Morgan fingerprint density at radius 2 is 2.00 bits per heavy atom. The lowest BCUT2D eigenvalue weighted by molar-refractivity contribution is -0.146. The van der Waals surface area contributed by atoms with Gasteiger partial charge in [0.1, 0.15) is 5.54 Å². The summed E-state index contributed by atoms with van der Waals surface area (Å²) in [5.74, 6) is -1.30. The lowest BCUT2D eigenvalue weighted by Crippen LogP contribution is -2.52. The van der Waals surface area contributed by atoms with Crippen LogP contribution in [-0.2, 0) is 16.0 Å². The molecule has 2 rings (SSSR count). The monoisotopic (exact) mass is 288 g/mol. The fourth-order valence-electron chi connectivity index (χ4n) is 2.37. The Bertz CT molecular complexity index is 690. The van der Waals surface area contributed by atoms with Crippen molar-refractivity contribution >= 4 is 22.8 Å². The third kappa shape index (κ3) is 2.91. The number of carbonyl (C=O) groups excluding carboxylic acids is 1. The van der Waals surface area contributed by atoms with Crippen LogP contribution in [0.3, 0.4) is 0 Å². The van der Waals surface area contributed by atoms with Crippen LogP contribution in [0.25, 0.3) is 10.9 Å². The number of fused-ring (bicyclic) bond motifs is 1. The maximum absolute atomic E-state index is 12.2. The van der Waals surface area contributed by atoms with Crippen molar-refractivity contribution in [2.45, 2.75) is 39.2 Å². The Morgan fingerprint density at radius 3 is 2.62 bits per heavy atom. The third-order valence-corrected chi connectivity index (χ3v) is 3.96. The molecule has 1 heterocycles. The van der Waals surface area contributed by atoms with E-state index in [0.29, 0.717) is 6.42 Å². The first-order valence-corrected chi connectivity index (χ1v) is 6.98. The number of aliphatic carboxylic acids is 1. The van der Waals surface area contributed by atoms with E-state index in [-0.39, 0.29) is 12.3 Å². The summed E-state index contributed by atoms with van der Waals surface area (Å²) in [7, 11) is 0. The smallest absolute Gasteiger partial charge is 0.329 e. The molecule has 5 heteroatoms. The molecule has 0 aliphatic rings. The standard InChI is InChI=1S/C16H20N2O3/c1-4-16(3,15(20)21)18-14(19)9-12-10(2)17-13-8-6-5-7-11(12)13/h5-8,17H,4,9H2,1-3H3,(H,18,19)(H,20,21). The van der Waals surface area contributed by atoms with Crippen molar-refractivity contribution in [1.82, 2.24) is 10.3 Å². The highest BCUT2D eigenvalue weighted by molar-refractivity contribution is 5.92. The van der Waals surface area contributed by atoms with Gasteiger partial charge in [-0.25, -0.2) is 4.79 Å². The first-order valence-electron chi connectivity index (χ1n) is 6.98. The van der Waals surface area contributed by atoms with Crippen LogP contribution in [0.2, 0.25) is 0 Å². The number of H-pyrrole nitrogens is 1. The summed E-state index contributed by atoms with van der Waals surface area (Å²) in [6.45, 7) is 5.18. The fraction of sp³-hybridized carbons (Fsp3) is 0.375. The lowest BCUT2D eigenvalue weighted by Gasteiger charge is -2.24. The minimum Gasteiger partial charge on any atom is -0.480 e. The lowest BCUT2D eigenvalue weighted by atomic mass is 9.98. The van der Waals surface area contributed by atoms with Gasteiger partial charge in [-0.1, -0.05) is 25.1 Å². The number of amides is 1. The van der Waals surface area contributed by atoms with E-state index in [1.807, 2.05) is 31.2 Å². The molecular formula is C16H20N2O3. The van der Waals surface area contributed by atoms with Gasteiger partial charge < -0.3 is 15.4 Å². The molecule has 0 aliphatic carbocycles. The van der Waals surface area contributed by atoms with E-state index in [2.05, 4.69) is 10.3 Å². The number of carbonyl (C=O) groups is 2. The molecule has 1 atom stereocenters. The van der Waals surface area contributed by atoms with Gasteiger partial charge in [0.15, 0.2) is 0 Å². The number of para-hydroxylation sites is 1. The molecule has 0 radical (unpaired) electrons. The SMILES string of the molecule is CCC(C)(NC(=O)Cc1c(C)[nH]c2ccccc12)C(=O)O. The van der Waals surface area contributed by atoms with Gasteiger partial charge in [-0.15, -0.1) is 0 Å². The van der Waals surface area contributed by atoms with Gasteiger partial charge in [0, 0.05) is 16.6 Å². The second kappa shape index (κ2) is 5.60. The van der Waals surface area contributed by atoms with Gasteiger partial charge in [0.05, 0.1) is 6.42 Å². The van der Waals surface area contributed by atoms with E-state index in [9.17, 15) is 14.7 Å². The molecule has 0 aliphatic heterocycles. The minimum absolute atomic E-state index is 0.165. The fourth-order valence-corrected chi connectivity index (χ4v) is 2.37. The number of hydrogen-bond donors (Lipinski definition) is 3. The van der Waals surface area contributed by atoms with Crippen LogP contribution in [0.4, 0.5) is 0 Å². The largest absolute Gasteiger partial charge is 0.480 e. The van der Waals surface area contributed by atoms with Crippen molar-refractivity contribution in [2.24, 2.45) is 0 Å². The van der Waals surface area contributed by atoms with Crippen LogP contribution >= 0.6 is 0 Å². The highest BCUT2D eigenvalue weighted by Gasteiger charge is 2.32. The van der Waals surface area contributed by atoms with Gasteiger partial charge >= 0.3 is 5.97 Å². The molecule has 0 bridgehead atoms. The normalized spacial score (nSPS) is 13.9. The Kier molecular flexibility index (Phi) is 4.02. The zero-order chi connectivity index (χ0) is 15.6. The second-order valence-corrected chi connectivity index (χ2v) is 5.49. The Morgan fingerprint density at radius 1 is 1.33 bits per heavy atom. The van der Waals surface area contributed by atoms with Crippen molar-refractivity contribution < 1.29 is 14.7 Å². The molecule has 0 spiro atoms. The molecule has 3 N–H and O–H groups in total. The Hall–Kier alpha value is -2.30. The van der Waals surface area contributed by atoms with Crippen LogP contribution in [0.5, 0.6) is 0 Å². The zero-order valence-corrected chi connectivity index (χ0v) is 12.5. The highest BCUT2D eigenvalue weighted by atomic mass is 16.4. The molecule has 2 aromatic rings. The number of aromatic amines is 1. The number of nitrogens with one attached hydrogen (secondary N) is 2. The number of aromatic nitrogens is 1. The predicted octanol–water partition coefficient (Wildman–Crippen LogP) is 2.39. The molecule has 1 unspecified atom stereocenters. The predicted molar refractivity (Wildman–Crippen MR) is 81.2 cm³/mol. The van der Waals surface area contributed by atoms with E-state index in [1.165, 1.54) is 6.92 Å². The van der Waals surface area contributed by atoms with E-state index in [0.717, 1.165) is 22.2 Å². The second-order valence-electron chi connectivity index (χ2n) is 5.49. The van der Waals surface area contributed by atoms with Crippen molar-refractivity contribution in [3.05, 3.63) is 35.5 Å². The number of hydrogen-bond acceptors (Lipinski definition) is 2. The summed E-state index contributed by atoms with van der Waals surface area (Å²) in [5.41, 5.74) is 1.60. The van der Waals surface area contributed by atoms with Crippen LogP contribution < -0.4 is 5.32 Å². The van der Waals surface area contributed by atoms with Crippen LogP contribution in [0.1, 0.15) is 31.5 Å². The van der Waals surface area contributed by atoms with Gasteiger partial charge in [0.25, 0.3) is 0 Å². The first kappa shape index (κ1) is 15.1. The summed E-state index contributed by atoms with van der Waals surface area (Å²) in [4.78, 5) is 26.7. The number of rotatable bonds is 5. The average Bonchev–Trinajstić information content (AvgIpc) is 2.75. The maximum Gasteiger partial charge on any atom is 0.329 e. The van der Waals surface area contributed by atoms with Crippen molar-refractivity contribution in [3.8, 4) is 0 Å². The third-order valence-electron chi connectivity index (χ3n) is 3.96. The molecule has 112 valence electrons. The minimum atomic E-state index is -1.23. The molecule has 0 saturated heterocycles. The number of benzene rings is 1. The summed E-state index contributed by atoms with van der Waals surface area (Å²) in [6.07, 6.45) is 0.500.